The summed E-state index contributed by atoms with van der Waals surface area (Å²) >= 11 is 1.33. The summed E-state index contributed by atoms with van der Waals surface area (Å²) in [6.07, 6.45) is 0.0915. The summed E-state index contributed by atoms with van der Waals surface area (Å²) in [7, 11) is 1.59. The number of nitrogens with one attached hydrogen (secondary N) is 1. The molecule has 0 saturated carbocycles. The van der Waals surface area contributed by atoms with Gasteiger partial charge in [0.15, 0.2) is 5.17 Å². The lowest BCUT2D eigenvalue weighted by Gasteiger charge is -2.15. The number of aryl methyl sites for hydroxylation is 2. The number of amidine groups is 1. The van der Waals surface area contributed by atoms with E-state index in [1.54, 1.807) is 12.0 Å². The number of aliphatic imine (C=N–C) groups is 1. The van der Waals surface area contributed by atoms with Crippen molar-refractivity contribution < 1.29 is 14.3 Å². The van der Waals surface area contributed by atoms with Crippen LogP contribution in [-0.2, 0) is 14.3 Å². The number of nitrogens with zero attached hydrogens (tertiary/aromatic N) is 2. The highest BCUT2D eigenvalue weighted by atomic mass is 32.2. The summed E-state index contributed by atoms with van der Waals surface area (Å²) in [6.45, 7) is 4.76. The summed E-state index contributed by atoms with van der Waals surface area (Å²) < 4.78 is 5.14. The van der Waals surface area contributed by atoms with Gasteiger partial charge in [-0.25, -0.2) is 4.99 Å². The van der Waals surface area contributed by atoms with Crippen LogP contribution in [0.15, 0.2) is 53.5 Å². The molecule has 1 N–H and O–H groups in total. The second-order valence-corrected chi connectivity index (χ2v) is 8.06. The molecule has 0 radical (unpaired) electrons. The molecular weight excluding hydrogens is 386 g/mol. The van der Waals surface area contributed by atoms with E-state index in [-0.39, 0.29) is 18.2 Å². The van der Waals surface area contributed by atoms with Gasteiger partial charge >= 0.3 is 0 Å². The molecule has 0 aliphatic carbocycles. The van der Waals surface area contributed by atoms with Crippen LogP contribution in [0.1, 0.15) is 17.5 Å². The number of para-hydroxylation sites is 1. The summed E-state index contributed by atoms with van der Waals surface area (Å²) in [4.78, 5) is 31.7. The van der Waals surface area contributed by atoms with E-state index in [1.807, 2.05) is 62.4 Å². The average Bonchev–Trinajstić information content (AvgIpc) is 2.98. The Morgan fingerprint density at radius 1 is 1.17 bits per heavy atom. The van der Waals surface area contributed by atoms with Gasteiger partial charge in [0.25, 0.3) is 0 Å². The van der Waals surface area contributed by atoms with Crippen LogP contribution in [0, 0.1) is 13.8 Å². The van der Waals surface area contributed by atoms with Crippen LogP contribution in [0.3, 0.4) is 0 Å². The summed E-state index contributed by atoms with van der Waals surface area (Å²) in [5.41, 5.74) is 3.66. The number of ether oxygens (including phenoxy) is 1. The van der Waals surface area contributed by atoms with Crippen molar-refractivity contribution >= 4 is 40.1 Å². The molecule has 2 aromatic carbocycles. The van der Waals surface area contributed by atoms with E-state index in [0.29, 0.717) is 18.3 Å². The number of rotatable bonds is 7. The molecule has 2 amide bonds. The Kier molecular flexibility index (Phi) is 7.06. The summed E-state index contributed by atoms with van der Waals surface area (Å²) in [5.74, 6) is -0.300. The molecule has 0 spiro atoms. The number of methoxy groups -OCH3 is 1. The lowest BCUT2D eigenvalue weighted by atomic mass is 10.2. The van der Waals surface area contributed by atoms with E-state index >= 15 is 0 Å². The Bertz CT molecular complexity index is 912. The Morgan fingerprint density at radius 3 is 2.59 bits per heavy atom. The molecule has 1 saturated heterocycles. The van der Waals surface area contributed by atoms with Gasteiger partial charge in [-0.3, -0.25) is 14.5 Å². The maximum Gasteiger partial charge on any atom is 0.242 e. The number of carbonyl (C=O) groups is 2. The van der Waals surface area contributed by atoms with E-state index < -0.39 is 5.25 Å². The number of thioether (sulfide) groups is 1. The van der Waals surface area contributed by atoms with Crippen LogP contribution in [0.5, 0.6) is 0 Å². The zero-order valence-electron chi connectivity index (χ0n) is 16.8. The van der Waals surface area contributed by atoms with Crippen LogP contribution in [0.4, 0.5) is 11.4 Å². The van der Waals surface area contributed by atoms with Crippen molar-refractivity contribution in [3.05, 3.63) is 59.7 Å². The molecule has 29 heavy (non-hydrogen) atoms. The molecular formula is C22H25N3O3S. The molecule has 6 nitrogen and oxygen atoms in total. The van der Waals surface area contributed by atoms with Gasteiger partial charge < -0.3 is 10.1 Å². The fourth-order valence-electron chi connectivity index (χ4n) is 2.93. The van der Waals surface area contributed by atoms with Crippen molar-refractivity contribution in [2.45, 2.75) is 25.5 Å². The normalized spacial score (nSPS) is 17.8. The molecule has 1 aliphatic heterocycles. The molecule has 1 aliphatic rings. The molecule has 0 bridgehead atoms. The summed E-state index contributed by atoms with van der Waals surface area (Å²) in [5, 5.41) is 3.00. The van der Waals surface area contributed by atoms with E-state index in [1.165, 1.54) is 11.8 Å². The molecule has 2 aromatic rings. The highest BCUT2D eigenvalue weighted by Crippen LogP contribution is 2.32. The first kappa shape index (κ1) is 21.1. The quantitative estimate of drug-likeness (QED) is 0.750. The third-order valence-electron chi connectivity index (χ3n) is 4.59. The minimum absolute atomic E-state index is 0.0915. The van der Waals surface area contributed by atoms with E-state index in [4.69, 9.17) is 4.74 Å². The van der Waals surface area contributed by atoms with Crippen LogP contribution >= 0.6 is 11.8 Å². The molecule has 1 atom stereocenters. The number of amides is 2. The number of hydrogen-bond donors (Lipinski definition) is 1. The van der Waals surface area contributed by atoms with Gasteiger partial charge in [-0.2, -0.15) is 0 Å². The number of hydrogen-bond acceptors (Lipinski definition) is 5. The van der Waals surface area contributed by atoms with Crippen molar-refractivity contribution in [1.82, 2.24) is 4.90 Å². The summed E-state index contributed by atoms with van der Waals surface area (Å²) in [6, 6.07) is 15.4. The Morgan fingerprint density at radius 2 is 1.90 bits per heavy atom. The zero-order chi connectivity index (χ0) is 20.8. The maximum atomic E-state index is 12.9. The minimum Gasteiger partial charge on any atom is -0.383 e. The van der Waals surface area contributed by atoms with Gasteiger partial charge in [0, 0.05) is 19.2 Å². The monoisotopic (exact) mass is 411 g/mol. The second kappa shape index (κ2) is 9.71. The molecule has 3 rings (SSSR count). The van der Waals surface area contributed by atoms with Crippen molar-refractivity contribution in [3.63, 3.8) is 0 Å². The molecule has 0 aromatic heterocycles. The van der Waals surface area contributed by atoms with Gasteiger partial charge in [0.2, 0.25) is 11.8 Å². The predicted octanol–water partition coefficient (Wildman–Crippen LogP) is 3.91. The van der Waals surface area contributed by atoms with Gasteiger partial charge in [0.05, 0.1) is 18.8 Å². The SMILES string of the molecule is COCCN1C(=O)[C@H](CC(=O)Nc2ccccc2C)SC1=Nc1ccc(C)cc1. The third-order valence-corrected chi connectivity index (χ3v) is 5.76. The largest absolute Gasteiger partial charge is 0.383 e. The average molecular weight is 412 g/mol. The number of carbonyl (C=O) groups excluding carboxylic acids is 2. The van der Waals surface area contributed by atoms with Crippen molar-refractivity contribution in [3.8, 4) is 0 Å². The Hall–Kier alpha value is -2.64. The fraction of sp³-hybridized carbons (Fsp3) is 0.318. The lowest BCUT2D eigenvalue weighted by molar-refractivity contribution is -0.128. The van der Waals surface area contributed by atoms with Gasteiger partial charge in [-0.1, -0.05) is 47.7 Å². The van der Waals surface area contributed by atoms with Crippen LogP contribution in [0.25, 0.3) is 0 Å². The highest BCUT2D eigenvalue weighted by Gasteiger charge is 2.39. The topological polar surface area (TPSA) is 71.0 Å². The van der Waals surface area contributed by atoms with Gasteiger partial charge in [-0.05, 0) is 37.6 Å². The van der Waals surface area contributed by atoms with Gasteiger partial charge in [-0.15, -0.1) is 0 Å². The molecule has 0 unspecified atom stereocenters. The third kappa shape index (κ3) is 5.46. The van der Waals surface area contributed by atoms with E-state index in [0.717, 1.165) is 22.5 Å². The highest BCUT2D eigenvalue weighted by molar-refractivity contribution is 8.15. The lowest BCUT2D eigenvalue weighted by Crippen LogP contribution is -2.35. The van der Waals surface area contributed by atoms with Crippen molar-refractivity contribution in [1.29, 1.82) is 0 Å². The fourth-order valence-corrected chi connectivity index (χ4v) is 4.11. The first-order chi connectivity index (χ1) is 14.0. The second-order valence-electron chi connectivity index (χ2n) is 6.89. The Labute approximate surface area is 175 Å². The van der Waals surface area contributed by atoms with Crippen LogP contribution in [0.2, 0.25) is 0 Å². The van der Waals surface area contributed by atoms with Crippen molar-refractivity contribution in [2.24, 2.45) is 4.99 Å². The van der Waals surface area contributed by atoms with E-state index in [2.05, 4.69) is 10.3 Å². The minimum atomic E-state index is -0.500. The number of anilines is 1. The first-order valence-corrected chi connectivity index (χ1v) is 10.3. The maximum absolute atomic E-state index is 12.9. The standard InChI is InChI=1S/C22H25N3O3S/c1-15-8-10-17(11-9-15)23-22-25(12-13-28-3)21(27)19(29-22)14-20(26)24-18-7-5-4-6-16(18)2/h4-11,19H,12-14H2,1-3H3,(H,24,26)/t19-/m0/s1. The van der Waals surface area contributed by atoms with E-state index in [9.17, 15) is 9.59 Å². The zero-order valence-corrected chi connectivity index (χ0v) is 17.7. The van der Waals surface area contributed by atoms with Crippen LogP contribution < -0.4 is 5.32 Å². The Balaban J connectivity index is 1.74. The molecule has 1 fully saturated rings. The van der Waals surface area contributed by atoms with Gasteiger partial charge in [0.1, 0.15) is 5.25 Å². The molecule has 152 valence electrons. The van der Waals surface area contributed by atoms with Crippen LogP contribution in [-0.4, -0.2) is 47.4 Å². The van der Waals surface area contributed by atoms with Crippen molar-refractivity contribution in [2.75, 3.05) is 25.6 Å². The molecule has 7 heteroatoms. The first-order valence-electron chi connectivity index (χ1n) is 9.45. The smallest absolute Gasteiger partial charge is 0.242 e. The number of benzene rings is 2. The predicted molar refractivity (Wildman–Crippen MR) is 118 cm³/mol. The molecule has 1 heterocycles.